The zero-order chi connectivity index (χ0) is 15.0. The molecule has 20 heavy (non-hydrogen) atoms. The van der Waals surface area contributed by atoms with Gasteiger partial charge in [-0.2, -0.15) is 5.26 Å². The first-order valence-electron chi connectivity index (χ1n) is 7.01. The van der Waals surface area contributed by atoms with Crippen LogP contribution in [0.25, 0.3) is 0 Å². The van der Waals surface area contributed by atoms with Gasteiger partial charge >= 0.3 is 0 Å². The van der Waals surface area contributed by atoms with Crippen molar-refractivity contribution in [2.24, 2.45) is 11.3 Å². The molecule has 0 fully saturated rings. The quantitative estimate of drug-likeness (QED) is 0.709. The number of rotatable bonds is 7. The van der Waals surface area contributed by atoms with Crippen molar-refractivity contribution in [3.63, 3.8) is 0 Å². The van der Waals surface area contributed by atoms with E-state index < -0.39 is 0 Å². The van der Waals surface area contributed by atoms with Crippen LogP contribution in [-0.2, 0) is 6.54 Å². The topological polar surface area (TPSA) is 39.9 Å². The normalized spacial score (nSPS) is 13.2. The molecule has 1 atom stereocenters. The molecule has 0 bridgehead atoms. The highest BCUT2D eigenvalue weighted by molar-refractivity contribution is 9.09. The van der Waals surface area contributed by atoms with E-state index in [-0.39, 0.29) is 5.41 Å². The minimum atomic E-state index is 0.253. The Morgan fingerprint density at radius 3 is 2.70 bits per heavy atom. The number of hydrogen-bond acceptors (Lipinski definition) is 3. The van der Waals surface area contributed by atoms with Gasteiger partial charge in [-0.1, -0.05) is 42.8 Å². The van der Waals surface area contributed by atoms with Crippen LogP contribution in [0.4, 0.5) is 0 Å². The number of aromatic nitrogens is 1. The first kappa shape index (κ1) is 17.1. The van der Waals surface area contributed by atoms with Gasteiger partial charge in [-0.25, -0.2) is 0 Å². The molecule has 0 aliphatic rings. The van der Waals surface area contributed by atoms with E-state index >= 15 is 0 Å². The third kappa shape index (κ3) is 6.02. The number of hydrogen-bond donors (Lipinski definition) is 0. The number of pyridine rings is 1. The van der Waals surface area contributed by atoms with Gasteiger partial charge in [0.05, 0.1) is 6.07 Å². The van der Waals surface area contributed by atoms with Crippen LogP contribution in [0.15, 0.2) is 24.5 Å². The van der Waals surface area contributed by atoms with Crippen molar-refractivity contribution in [3.05, 3.63) is 30.1 Å². The molecule has 4 heteroatoms. The standard InChI is InChI=1S/C16H24BrN3/c1-16(2,3)15(10-17)13-20(9-5-7-18)12-14-6-4-8-19-11-14/h4,6,8,11,15H,5,9-10,12-13H2,1-3H3. The van der Waals surface area contributed by atoms with Crippen molar-refractivity contribution in [1.82, 2.24) is 9.88 Å². The third-order valence-corrected chi connectivity index (χ3v) is 4.34. The Hall–Kier alpha value is -0.920. The highest BCUT2D eigenvalue weighted by atomic mass is 79.9. The summed E-state index contributed by atoms with van der Waals surface area (Å²) in [7, 11) is 0. The van der Waals surface area contributed by atoms with E-state index in [1.165, 1.54) is 5.56 Å². The minimum absolute atomic E-state index is 0.253. The molecule has 0 aromatic carbocycles. The molecule has 110 valence electrons. The summed E-state index contributed by atoms with van der Waals surface area (Å²) in [6, 6.07) is 6.30. The Kier molecular flexibility index (Phi) is 7.18. The first-order valence-corrected chi connectivity index (χ1v) is 8.13. The van der Waals surface area contributed by atoms with Crippen LogP contribution in [0.1, 0.15) is 32.8 Å². The van der Waals surface area contributed by atoms with Crippen molar-refractivity contribution in [3.8, 4) is 6.07 Å². The van der Waals surface area contributed by atoms with Crippen LogP contribution in [0.2, 0.25) is 0 Å². The molecule has 0 N–H and O–H groups in total. The lowest BCUT2D eigenvalue weighted by Gasteiger charge is -2.34. The van der Waals surface area contributed by atoms with E-state index in [0.717, 1.165) is 25.0 Å². The number of alkyl halides is 1. The average Bonchev–Trinajstić information content (AvgIpc) is 2.41. The lowest BCUT2D eigenvalue weighted by Crippen LogP contribution is -2.36. The maximum atomic E-state index is 8.83. The maximum absolute atomic E-state index is 8.83. The fourth-order valence-corrected chi connectivity index (χ4v) is 3.23. The van der Waals surface area contributed by atoms with E-state index in [0.29, 0.717) is 12.3 Å². The monoisotopic (exact) mass is 337 g/mol. The van der Waals surface area contributed by atoms with Crippen molar-refractivity contribution >= 4 is 15.9 Å². The van der Waals surface area contributed by atoms with Crippen molar-refractivity contribution < 1.29 is 0 Å². The summed E-state index contributed by atoms with van der Waals surface area (Å²) < 4.78 is 0. The maximum Gasteiger partial charge on any atom is 0.0635 e. The molecule has 0 saturated heterocycles. The van der Waals surface area contributed by atoms with Crippen LogP contribution < -0.4 is 0 Å². The van der Waals surface area contributed by atoms with Crippen molar-refractivity contribution in [2.45, 2.75) is 33.7 Å². The van der Waals surface area contributed by atoms with Gasteiger partial charge in [0.1, 0.15) is 0 Å². The lowest BCUT2D eigenvalue weighted by atomic mass is 9.81. The highest BCUT2D eigenvalue weighted by Crippen LogP contribution is 2.28. The van der Waals surface area contributed by atoms with E-state index in [9.17, 15) is 0 Å². The van der Waals surface area contributed by atoms with E-state index in [1.807, 2.05) is 12.3 Å². The fraction of sp³-hybridized carbons (Fsp3) is 0.625. The molecule has 1 aromatic heterocycles. The predicted octanol–water partition coefficient (Wildman–Crippen LogP) is 3.85. The molecule has 0 saturated carbocycles. The Morgan fingerprint density at radius 2 is 2.20 bits per heavy atom. The highest BCUT2D eigenvalue weighted by Gasteiger charge is 2.25. The molecule has 1 unspecified atom stereocenters. The number of nitriles is 1. The van der Waals surface area contributed by atoms with Crippen molar-refractivity contribution in [1.29, 1.82) is 5.26 Å². The van der Waals surface area contributed by atoms with Crippen LogP contribution in [-0.4, -0.2) is 28.3 Å². The summed E-state index contributed by atoms with van der Waals surface area (Å²) in [5.74, 6) is 0.554. The van der Waals surface area contributed by atoms with Crippen LogP contribution in [0, 0.1) is 22.7 Å². The Bertz CT molecular complexity index is 420. The minimum Gasteiger partial charge on any atom is -0.298 e. The van der Waals surface area contributed by atoms with Gasteiger partial charge in [-0.15, -0.1) is 0 Å². The summed E-state index contributed by atoms with van der Waals surface area (Å²) in [4.78, 5) is 6.52. The van der Waals surface area contributed by atoms with Crippen molar-refractivity contribution in [2.75, 3.05) is 18.4 Å². The summed E-state index contributed by atoms with van der Waals surface area (Å²) in [5.41, 5.74) is 1.45. The fourth-order valence-electron chi connectivity index (χ4n) is 2.06. The lowest BCUT2D eigenvalue weighted by molar-refractivity contribution is 0.162. The summed E-state index contributed by atoms with van der Waals surface area (Å²) in [5, 5.41) is 9.81. The smallest absolute Gasteiger partial charge is 0.0635 e. The summed E-state index contributed by atoms with van der Waals surface area (Å²) in [6.07, 6.45) is 4.26. The summed E-state index contributed by atoms with van der Waals surface area (Å²) in [6.45, 7) is 9.47. The average molecular weight is 338 g/mol. The van der Waals surface area contributed by atoms with Gasteiger partial charge < -0.3 is 0 Å². The second kappa shape index (κ2) is 8.39. The van der Waals surface area contributed by atoms with Gasteiger partial charge in [-0.05, 0) is 23.0 Å². The van der Waals surface area contributed by atoms with Gasteiger partial charge in [0.2, 0.25) is 0 Å². The van der Waals surface area contributed by atoms with E-state index in [2.05, 4.69) is 58.7 Å². The predicted molar refractivity (Wildman–Crippen MR) is 86.5 cm³/mol. The molecular formula is C16H24BrN3. The van der Waals surface area contributed by atoms with Crippen LogP contribution in [0.5, 0.6) is 0 Å². The van der Waals surface area contributed by atoms with Gasteiger partial charge in [0.25, 0.3) is 0 Å². The van der Waals surface area contributed by atoms with Crippen LogP contribution in [0.3, 0.4) is 0 Å². The molecule has 0 radical (unpaired) electrons. The van der Waals surface area contributed by atoms with E-state index in [4.69, 9.17) is 5.26 Å². The SMILES string of the molecule is CC(C)(C)C(CBr)CN(CCC#N)Cc1cccnc1. The number of nitrogens with zero attached hydrogens (tertiary/aromatic N) is 3. The zero-order valence-corrected chi connectivity index (χ0v) is 14.2. The Labute approximate surface area is 131 Å². The third-order valence-electron chi connectivity index (χ3n) is 3.56. The second-order valence-corrected chi connectivity index (χ2v) is 6.87. The second-order valence-electron chi connectivity index (χ2n) is 6.22. The number of halogens is 1. The van der Waals surface area contributed by atoms with Gasteiger partial charge in [0, 0.05) is 43.8 Å². The summed E-state index contributed by atoms with van der Waals surface area (Å²) >= 11 is 3.63. The zero-order valence-electron chi connectivity index (χ0n) is 12.6. The molecular weight excluding hydrogens is 314 g/mol. The van der Waals surface area contributed by atoms with Gasteiger partial charge in [-0.3, -0.25) is 9.88 Å². The molecule has 0 spiro atoms. The van der Waals surface area contributed by atoms with Gasteiger partial charge in [0.15, 0.2) is 0 Å². The molecule has 3 nitrogen and oxygen atoms in total. The molecule has 1 aromatic rings. The largest absolute Gasteiger partial charge is 0.298 e. The molecule has 1 heterocycles. The Morgan fingerprint density at radius 1 is 1.45 bits per heavy atom. The Balaban J connectivity index is 2.71. The van der Waals surface area contributed by atoms with Crippen LogP contribution >= 0.6 is 15.9 Å². The first-order chi connectivity index (χ1) is 9.47. The molecule has 0 aliphatic heterocycles. The molecule has 0 amide bonds. The van der Waals surface area contributed by atoms with E-state index in [1.54, 1.807) is 6.20 Å². The molecule has 0 aliphatic carbocycles. The molecule has 1 rings (SSSR count).